The molecule has 2 aromatic carbocycles. The quantitative estimate of drug-likeness (QED) is 0.442. The van der Waals surface area contributed by atoms with E-state index in [-0.39, 0.29) is 18.1 Å². The maximum absolute atomic E-state index is 13.1. The zero-order chi connectivity index (χ0) is 25.9. The maximum Gasteiger partial charge on any atom is 0.318 e. The number of pyridine rings is 1. The molecule has 0 saturated carbocycles. The van der Waals surface area contributed by atoms with Crippen molar-refractivity contribution in [3.05, 3.63) is 95.3 Å². The molecule has 6 heteroatoms. The summed E-state index contributed by atoms with van der Waals surface area (Å²) in [7, 11) is 3.28. The van der Waals surface area contributed by atoms with Gasteiger partial charge in [0, 0.05) is 36.3 Å². The van der Waals surface area contributed by atoms with Crippen molar-refractivity contribution in [1.82, 2.24) is 15.2 Å². The predicted molar refractivity (Wildman–Crippen MR) is 147 cm³/mol. The van der Waals surface area contributed by atoms with E-state index in [9.17, 15) is 4.79 Å². The van der Waals surface area contributed by atoms with E-state index in [1.54, 1.807) is 14.2 Å². The number of methoxy groups -OCH3 is 2. The van der Waals surface area contributed by atoms with Crippen molar-refractivity contribution in [1.29, 1.82) is 0 Å². The molecule has 1 N–H and O–H groups in total. The van der Waals surface area contributed by atoms with Gasteiger partial charge in [-0.1, -0.05) is 48.6 Å². The molecular weight excluding hydrogens is 462 g/mol. The number of benzene rings is 2. The summed E-state index contributed by atoms with van der Waals surface area (Å²) >= 11 is 0. The van der Waals surface area contributed by atoms with E-state index < -0.39 is 0 Å². The zero-order valence-corrected chi connectivity index (χ0v) is 21.8. The average Bonchev–Trinajstić information content (AvgIpc) is 3.35. The molecular formula is C31H33N3O3. The molecule has 5 rings (SSSR count). The lowest BCUT2D eigenvalue weighted by atomic mass is 9.89. The summed E-state index contributed by atoms with van der Waals surface area (Å²) in [5.41, 5.74) is 7.87. The van der Waals surface area contributed by atoms with Gasteiger partial charge < -0.3 is 19.7 Å². The van der Waals surface area contributed by atoms with Crippen molar-refractivity contribution in [3.63, 3.8) is 0 Å². The first kappa shape index (κ1) is 24.6. The predicted octanol–water partition coefficient (Wildman–Crippen LogP) is 6.20. The van der Waals surface area contributed by atoms with E-state index in [0.29, 0.717) is 18.0 Å². The molecule has 0 radical (unpaired) electrons. The number of amides is 2. The van der Waals surface area contributed by atoms with Crippen molar-refractivity contribution in [2.75, 3.05) is 20.8 Å². The van der Waals surface area contributed by atoms with Crippen LogP contribution in [0.5, 0.6) is 11.5 Å². The Morgan fingerprint density at radius 3 is 2.54 bits per heavy atom. The third-order valence-corrected chi connectivity index (χ3v) is 6.95. The molecule has 2 aliphatic rings. The minimum absolute atomic E-state index is 0.0302. The van der Waals surface area contributed by atoms with Gasteiger partial charge in [-0.05, 0) is 60.7 Å². The summed E-state index contributed by atoms with van der Waals surface area (Å²) < 4.78 is 10.9. The van der Waals surface area contributed by atoms with Crippen LogP contribution in [-0.4, -0.2) is 42.7 Å². The average molecular weight is 496 g/mol. The summed E-state index contributed by atoms with van der Waals surface area (Å²) in [5, 5.41) is 3.07. The molecule has 0 fully saturated rings. The fourth-order valence-corrected chi connectivity index (χ4v) is 5.13. The first-order chi connectivity index (χ1) is 18.0. The van der Waals surface area contributed by atoms with Crippen LogP contribution >= 0.6 is 0 Å². The first-order valence-corrected chi connectivity index (χ1v) is 12.7. The Labute approximate surface area is 218 Å². The van der Waals surface area contributed by atoms with Crippen molar-refractivity contribution >= 4 is 11.6 Å². The summed E-state index contributed by atoms with van der Waals surface area (Å²) in [5.74, 6) is 1.39. The minimum Gasteiger partial charge on any atom is -0.493 e. The second-order valence-corrected chi connectivity index (χ2v) is 9.70. The molecule has 0 spiro atoms. The van der Waals surface area contributed by atoms with Gasteiger partial charge in [0.2, 0.25) is 0 Å². The molecule has 37 heavy (non-hydrogen) atoms. The summed E-state index contributed by atoms with van der Waals surface area (Å²) in [6.07, 6.45) is 8.05. The van der Waals surface area contributed by atoms with Gasteiger partial charge in [0.15, 0.2) is 11.5 Å². The zero-order valence-electron chi connectivity index (χ0n) is 21.8. The van der Waals surface area contributed by atoms with Crippen molar-refractivity contribution in [2.24, 2.45) is 0 Å². The summed E-state index contributed by atoms with van der Waals surface area (Å²) in [4.78, 5) is 19.8. The van der Waals surface area contributed by atoms with Crippen LogP contribution in [0.1, 0.15) is 43.1 Å². The molecule has 1 aromatic heterocycles. The molecule has 190 valence electrons. The molecule has 2 amide bonds. The number of ether oxygens (including phenoxy) is 2. The van der Waals surface area contributed by atoms with Gasteiger partial charge in [0.25, 0.3) is 0 Å². The number of nitrogens with one attached hydrogen (secondary N) is 1. The fraction of sp³-hybridized carbons (Fsp3) is 0.290. The monoisotopic (exact) mass is 495 g/mol. The van der Waals surface area contributed by atoms with Crippen LogP contribution in [0.25, 0.3) is 16.7 Å². The number of nitrogens with zero attached hydrogens (tertiary/aromatic N) is 2. The van der Waals surface area contributed by atoms with Gasteiger partial charge in [-0.15, -0.1) is 0 Å². The number of fused-ring (bicyclic) bond motifs is 1. The molecule has 2 heterocycles. The SMILES string of the molecule is COc1ccc(-c2cnc3c(c2)C(C2=CC(c4ccccc4)N(C(=O)NC(C)C)CC2)=CC3)cc1OC. The normalized spacial score (nSPS) is 16.7. The van der Waals surface area contributed by atoms with Crippen LogP contribution in [0.2, 0.25) is 0 Å². The smallest absolute Gasteiger partial charge is 0.318 e. The standard InChI is InChI=1S/C31H33N3O3/c1-20(2)33-31(35)34-15-14-23(17-28(34)21-8-6-5-7-9-21)25-11-12-27-26(25)16-24(19-32-27)22-10-13-29(36-3)30(18-22)37-4/h5-11,13,16-20,28H,12,14-15H2,1-4H3,(H,33,35). The molecule has 6 nitrogen and oxygen atoms in total. The van der Waals surface area contributed by atoms with Crippen molar-refractivity contribution in [2.45, 2.75) is 38.8 Å². The van der Waals surface area contributed by atoms with E-state index in [0.717, 1.165) is 40.8 Å². The van der Waals surface area contributed by atoms with Crippen LogP contribution < -0.4 is 14.8 Å². The fourth-order valence-electron chi connectivity index (χ4n) is 5.13. The maximum atomic E-state index is 13.1. The third-order valence-electron chi connectivity index (χ3n) is 6.95. The number of carbonyl (C=O) groups excluding carboxylic acids is 1. The largest absolute Gasteiger partial charge is 0.493 e. The molecule has 1 aliphatic heterocycles. The van der Waals surface area contributed by atoms with Gasteiger partial charge >= 0.3 is 6.03 Å². The van der Waals surface area contributed by atoms with Gasteiger partial charge in [-0.2, -0.15) is 0 Å². The Morgan fingerprint density at radius 2 is 1.81 bits per heavy atom. The van der Waals surface area contributed by atoms with E-state index in [1.165, 1.54) is 11.1 Å². The van der Waals surface area contributed by atoms with Crippen molar-refractivity contribution < 1.29 is 14.3 Å². The number of rotatable bonds is 6. The summed E-state index contributed by atoms with van der Waals surface area (Å²) in [6, 6.07) is 18.3. The highest BCUT2D eigenvalue weighted by molar-refractivity contribution is 5.86. The lowest BCUT2D eigenvalue weighted by Gasteiger charge is -2.36. The Kier molecular flexibility index (Phi) is 6.99. The second-order valence-electron chi connectivity index (χ2n) is 9.70. The second kappa shape index (κ2) is 10.5. The first-order valence-electron chi connectivity index (χ1n) is 12.7. The molecule has 3 aromatic rings. The third kappa shape index (κ3) is 4.96. The highest BCUT2D eigenvalue weighted by Crippen LogP contribution is 2.41. The van der Waals surface area contributed by atoms with E-state index >= 15 is 0 Å². The number of hydrogen-bond donors (Lipinski definition) is 1. The van der Waals surface area contributed by atoms with Gasteiger partial charge in [0.1, 0.15) is 0 Å². The summed E-state index contributed by atoms with van der Waals surface area (Å²) in [6.45, 7) is 4.63. The lowest BCUT2D eigenvalue weighted by Crippen LogP contribution is -2.46. The number of aromatic nitrogens is 1. The molecule has 0 bridgehead atoms. The Morgan fingerprint density at radius 1 is 1.03 bits per heavy atom. The Hall–Kier alpha value is -4.06. The molecule has 1 aliphatic carbocycles. The van der Waals surface area contributed by atoms with Crippen LogP contribution in [0.3, 0.4) is 0 Å². The Balaban J connectivity index is 1.50. The highest BCUT2D eigenvalue weighted by Gasteiger charge is 2.30. The number of allylic oxidation sites excluding steroid dienone is 2. The van der Waals surface area contributed by atoms with Crippen LogP contribution in [0.4, 0.5) is 4.79 Å². The lowest BCUT2D eigenvalue weighted by molar-refractivity contribution is 0.180. The van der Waals surface area contributed by atoms with Crippen LogP contribution in [0.15, 0.2) is 78.5 Å². The van der Waals surface area contributed by atoms with Gasteiger partial charge in [0.05, 0.1) is 26.0 Å². The van der Waals surface area contributed by atoms with Crippen LogP contribution in [-0.2, 0) is 6.42 Å². The Bertz CT molecular complexity index is 1360. The molecule has 0 saturated heterocycles. The topological polar surface area (TPSA) is 63.7 Å². The van der Waals surface area contributed by atoms with Gasteiger partial charge in [-0.25, -0.2) is 4.79 Å². The number of urea groups is 1. The number of carbonyl (C=O) groups is 1. The highest BCUT2D eigenvalue weighted by atomic mass is 16.5. The number of hydrogen-bond acceptors (Lipinski definition) is 4. The van der Waals surface area contributed by atoms with E-state index in [2.05, 4.69) is 35.7 Å². The molecule has 1 unspecified atom stereocenters. The minimum atomic E-state index is -0.129. The molecule has 1 atom stereocenters. The van der Waals surface area contributed by atoms with E-state index in [1.807, 2.05) is 61.3 Å². The van der Waals surface area contributed by atoms with Crippen molar-refractivity contribution in [3.8, 4) is 22.6 Å². The van der Waals surface area contributed by atoms with Crippen LogP contribution in [0, 0.1) is 0 Å². The van der Waals surface area contributed by atoms with E-state index in [4.69, 9.17) is 14.5 Å². The van der Waals surface area contributed by atoms with Gasteiger partial charge in [-0.3, -0.25) is 4.98 Å².